The van der Waals surface area contributed by atoms with E-state index >= 15 is 0 Å². The number of benzene rings is 2. The first-order valence-electron chi connectivity index (χ1n) is 6.10. The minimum absolute atomic E-state index is 0.125. The minimum Gasteiger partial charge on any atom is -0.325 e. The van der Waals surface area contributed by atoms with Crippen molar-refractivity contribution in [2.24, 2.45) is 0 Å². The van der Waals surface area contributed by atoms with E-state index in [9.17, 15) is 18.4 Å². The van der Waals surface area contributed by atoms with E-state index in [4.69, 9.17) is 0 Å². The van der Waals surface area contributed by atoms with Gasteiger partial charge in [0.05, 0.1) is 11.4 Å². The Labute approximate surface area is 119 Å². The number of hydrogen-bond donors (Lipinski definition) is 2. The fourth-order valence-electron chi connectivity index (χ4n) is 1.71. The van der Waals surface area contributed by atoms with E-state index in [1.54, 1.807) is 0 Å². The number of nitrogens with one attached hydrogen (secondary N) is 2. The molecule has 4 nitrogen and oxygen atoms in total. The number of amides is 2. The van der Waals surface area contributed by atoms with Crippen LogP contribution in [0.5, 0.6) is 0 Å². The fourth-order valence-corrected chi connectivity index (χ4v) is 1.71. The lowest BCUT2D eigenvalue weighted by Crippen LogP contribution is -2.15. The third kappa shape index (κ3) is 3.85. The molecule has 0 aliphatic carbocycles. The molecule has 0 saturated heterocycles. The zero-order chi connectivity index (χ0) is 15.4. The van der Waals surface area contributed by atoms with Crippen LogP contribution >= 0.6 is 0 Å². The Hall–Kier alpha value is -2.76. The summed E-state index contributed by atoms with van der Waals surface area (Å²) in [6, 6.07) is 8.51. The van der Waals surface area contributed by atoms with Gasteiger partial charge in [0.15, 0.2) is 0 Å². The Morgan fingerprint density at radius 3 is 2.10 bits per heavy atom. The van der Waals surface area contributed by atoms with Crippen molar-refractivity contribution >= 4 is 23.2 Å². The molecule has 0 saturated carbocycles. The maximum atomic E-state index is 13.3. The smallest absolute Gasteiger partial charge is 0.255 e. The molecule has 2 N–H and O–H groups in total. The van der Waals surface area contributed by atoms with Gasteiger partial charge in [-0.2, -0.15) is 0 Å². The molecule has 0 aliphatic heterocycles. The Bertz CT molecular complexity index is 685. The van der Waals surface area contributed by atoms with Crippen LogP contribution in [-0.4, -0.2) is 11.8 Å². The third-order valence-corrected chi connectivity index (χ3v) is 2.65. The number of rotatable bonds is 3. The lowest BCUT2D eigenvalue weighted by molar-refractivity contribution is -0.114. The monoisotopic (exact) mass is 290 g/mol. The van der Waals surface area contributed by atoms with Crippen LogP contribution in [-0.2, 0) is 4.79 Å². The quantitative estimate of drug-likeness (QED) is 0.912. The maximum absolute atomic E-state index is 13.3. The molecule has 21 heavy (non-hydrogen) atoms. The highest BCUT2D eigenvalue weighted by Crippen LogP contribution is 2.23. The zero-order valence-electron chi connectivity index (χ0n) is 11.1. The first-order valence-corrected chi connectivity index (χ1v) is 6.10. The van der Waals surface area contributed by atoms with Gasteiger partial charge in [0.2, 0.25) is 5.91 Å². The van der Waals surface area contributed by atoms with Gasteiger partial charge in [-0.3, -0.25) is 9.59 Å². The lowest BCUT2D eigenvalue weighted by atomic mass is 10.2. The fraction of sp³-hybridized carbons (Fsp3) is 0.0667. The van der Waals surface area contributed by atoms with Crippen molar-refractivity contribution in [2.45, 2.75) is 6.92 Å². The van der Waals surface area contributed by atoms with Gasteiger partial charge in [0.25, 0.3) is 5.91 Å². The number of halogens is 2. The molecule has 0 bridgehead atoms. The average Bonchev–Trinajstić information content (AvgIpc) is 2.42. The van der Waals surface area contributed by atoms with Crippen molar-refractivity contribution < 1.29 is 18.4 Å². The van der Waals surface area contributed by atoms with Gasteiger partial charge in [-0.25, -0.2) is 8.78 Å². The van der Waals surface area contributed by atoms with Gasteiger partial charge in [0, 0.05) is 12.5 Å². The molecule has 0 aliphatic rings. The van der Waals surface area contributed by atoms with Gasteiger partial charge in [0.1, 0.15) is 11.6 Å². The van der Waals surface area contributed by atoms with Crippen LogP contribution in [0.3, 0.4) is 0 Å². The van der Waals surface area contributed by atoms with Crippen LogP contribution in [0.25, 0.3) is 0 Å². The molecule has 108 valence electrons. The Kier molecular flexibility index (Phi) is 4.27. The van der Waals surface area contributed by atoms with Gasteiger partial charge in [-0.05, 0) is 42.5 Å². The Balaban J connectivity index is 2.25. The number of anilines is 2. The van der Waals surface area contributed by atoms with E-state index in [1.165, 1.54) is 31.2 Å². The number of carbonyl (C=O) groups is 2. The van der Waals surface area contributed by atoms with Gasteiger partial charge < -0.3 is 10.6 Å². The molecule has 2 aromatic rings. The number of carbonyl (C=O) groups excluding carboxylic acids is 2. The van der Waals surface area contributed by atoms with Crippen LogP contribution in [0.1, 0.15) is 17.3 Å². The first-order chi connectivity index (χ1) is 9.95. The lowest BCUT2D eigenvalue weighted by Gasteiger charge is -2.11. The van der Waals surface area contributed by atoms with Crippen LogP contribution in [0.4, 0.5) is 20.2 Å². The van der Waals surface area contributed by atoms with E-state index < -0.39 is 17.5 Å². The normalized spacial score (nSPS) is 10.0. The molecular weight excluding hydrogens is 278 g/mol. The van der Waals surface area contributed by atoms with Gasteiger partial charge >= 0.3 is 0 Å². The van der Waals surface area contributed by atoms with Crippen molar-refractivity contribution in [3.63, 3.8) is 0 Å². The highest BCUT2D eigenvalue weighted by Gasteiger charge is 2.11. The maximum Gasteiger partial charge on any atom is 0.255 e. The van der Waals surface area contributed by atoms with E-state index in [-0.39, 0.29) is 22.8 Å². The summed E-state index contributed by atoms with van der Waals surface area (Å²) in [5, 5.41) is 4.96. The van der Waals surface area contributed by atoms with E-state index in [0.29, 0.717) is 0 Å². The molecular formula is C15H12F2N2O2. The highest BCUT2D eigenvalue weighted by atomic mass is 19.1. The summed E-state index contributed by atoms with van der Waals surface area (Å²) in [4.78, 5) is 23.1. The second-order valence-corrected chi connectivity index (χ2v) is 4.33. The first kappa shape index (κ1) is 14.6. The second-order valence-electron chi connectivity index (χ2n) is 4.33. The van der Waals surface area contributed by atoms with Crippen LogP contribution in [0.15, 0.2) is 42.5 Å². The largest absolute Gasteiger partial charge is 0.325 e. The highest BCUT2D eigenvalue weighted by molar-refractivity contribution is 6.07. The summed E-state index contributed by atoms with van der Waals surface area (Å²) < 4.78 is 26.1. The molecule has 0 fully saturated rings. The molecule has 0 spiro atoms. The molecule has 0 radical (unpaired) electrons. The topological polar surface area (TPSA) is 58.2 Å². The summed E-state index contributed by atoms with van der Waals surface area (Å²) in [5.41, 5.74) is 0.619. The summed E-state index contributed by atoms with van der Waals surface area (Å²) in [6.07, 6.45) is 0. The Morgan fingerprint density at radius 1 is 0.857 bits per heavy atom. The van der Waals surface area contributed by atoms with E-state index in [2.05, 4.69) is 10.6 Å². The second kappa shape index (κ2) is 6.13. The zero-order valence-corrected chi connectivity index (χ0v) is 11.1. The van der Waals surface area contributed by atoms with Crippen molar-refractivity contribution in [3.05, 3.63) is 59.7 Å². The number of hydrogen-bond acceptors (Lipinski definition) is 2. The predicted molar refractivity (Wildman–Crippen MR) is 75.1 cm³/mol. The minimum atomic E-state index is -0.557. The van der Waals surface area contributed by atoms with Gasteiger partial charge in [-0.1, -0.05) is 0 Å². The molecule has 2 rings (SSSR count). The van der Waals surface area contributed by atoms with Crippen LogP contribution in [0.2, 0.25) is 0 Å². The molecule has 0 atom stereocenters. The average molecular weight is 290 g/mol. The van der Waals surface area contributed by atoms with Crippen molar-refractivity contribution in [1.29, 1.82) is 0 Å². The van der Waals surface area contributed by atoms with Gasteiger partial charge in [-0.15, -0.1) is 0 Å². The van der Waals surface area contributed by atoms with Crippen molar-refractivity contribution in [1.82, 2.24) is 0 Å². The molecule has 2 aromatic carbocycles. The molecule has 6 heteroatoms. The standard InChI is InChI=1S/C15H12F2N2O2/c1-9(20)18-13-7-6-12(17)8-14(13)19-15(21)10-2-4-11(16)5-3-10/h2-8H,1H3,(H,18,20)(H,19,21). The van der Waals surface area contributed by atoms with E-state index in [0.717, 1.165) is 18.2 Å². The summed E-state index contributed by atoms with van der Waals surface area (Å²) in [7, 11) is 0. The van der Waals surface area contributed by atoms with E-state index in [1.807, 2.05) is 0 Å². The van der Waals surface area contributed by atoms with Crippen LogP contribution < -0.4 is 10.6 Å². The summed E-state index contributed by atoms with van der Waals surface area (Å²) in [6.45, 7) is 1.30. The molecule has 0 unspecified atom stereocenters. The van der Waals surface area contributed by atoms with Crippen LogP contribution in [0, 0.1) is 11.6 Å². The summed E-state index contributed by atoms with van der Waals surface area (Å²) in [5.74, 6) is -1.90. The predicted octanol–water partition coefficient (Wildman–Crippen LogP) is 3.18. The van der Waals surface area contributed by atoms with Crippen molar-refractivity contribution in [2.75, 3.05) is 10.6 Å². The summed E-state index contributed by atoms with van der Waals surface area (Å²) >= 11 is 0. The molecule has 0 aromatic heterocycles. The third-order valence-electron chi connectivity index (χ3n) is 2.65. The SMILES string of the molecule is CC(=O)Nc1ccc(F)cc1NC(=O)c1ccc(F)cc1. The Morgan fingerprint density at radius 2 is 1.48 bits per heavy atom. The molecule has 0 heterocycles. The molecule has 2 amide bonds. The van der Waals surface area contributed by atoms with Crippen molar-refractivity contribution in [3.8, 4) is 0 Å².